The summed E-state index contributed by atoms with van der Waals surface area (Å²) in [5, 5.41) is 16.0. The lowest BCUT2D eigenvalue weighted by atomic mass is 9.99. The minimum absolute atomic E-state index is 0.0824. The molecule has 8 nitrogen and oxygen atoms in total. The van der Waals surface area contributed by atoms with Gasteiger partial charge in [0.2, 0.25) is 0 Å². The van der Waals surface area contributed by atoms with E-state index in [2.05, 4.69) is 20.4 Å². The lowest BCUT2D eigenvalue weighted by molar-refractivity contribution is 0.318. The third-order valence-electron chi connectivity index (χ3n) is 5.31. The summed E-state index contributed by atoms with van der Waals surface area (Å²) in [7, 11) is 0. The lowest BCUT2D eigenvalue weighted by Gasteiger charge is -2.20. The van der Waals surface area contributed by atoms with Gasteiger partial charge in [0.05, 0.1) is 17.1 Å². The summed E-state index contributed by atoms with van der Waals surface area (Å²) in [6.07, 6.45) is 4.91. The Kier molecular flexibility index (Phi) is 5.59. The molecule has 4 rings (SSSR count). The van der Waals surface area contributed by atoms with Crippen LogP contribution >= 0.6 is 0 Å². The van der Waals surface area contributed by atoms with E-state index in [1.165, 1.54) is 0 Å². The van der Waals surface area contributed by atoms with Gasteiger partial charge in [-0.25, -0.2) is 0 Å². The lowest BCUT2D eigenvalue weighted by Crippen LogP contribution is -2.19. The van der Waals surface area contributed by atoms with Gasteiger partial charge in [0, 0.05) is 35.3 Å². The van der Waals surface area contributed by atoms with Crippen molar-refractivity contribution in [1.29, 1.82) is 0 Å². The van der Waals surface area contributed by atoms with Crippen molar-refractivity contribution >= 4 is 22.5 Å². The van der Waals surface area contributed by atoms with Crippen LogP contribution in [0.5, 0.6) is 0 Å². The maximum atomic E-state index is 13.2. The number of pyridine rings is 2. The van der Waals surface area contributed by atoms with E-state index < -0.39 is 0 Å². The molecule has 3 heterocycles. The average Bonchev–Trinajstić information content (AvgIpc) is 2.81. The first-order chi connectivity index (χ1) is 15.4. The number of nitrogens with two attached hydrogens (primary N) is 1. The number of aromatic nitrogens is 2. The zero-order chi connectivity index (χ0) is 22.8. The highest BCUT2D eigenvalue weighted by Crippen LogP contribution is 2.32. The molecule has 3 aromatic heterocycles. The average molecular weight is 429 g/mol. The molecule has 0 radical (unpaired) electrons. The van der Waals surface area contributed by atoms with Gasteiger partial charge in [0.1, 0.15) is 17.0 Å². The van der Waals surface area contributed by atoms with Crippen molar-refractivity contribution in [2.24, 2.45) is 10.9 Å². The number of nitrogens with one attached hydrogen (secondary N) is 1. The standard InChI is InChI=1S/C24H23N5O3/c1-13-10-17(15(3)28-19-7-5-9-27-20(19)24(25)29-31)23-18(11-13)21(30)14(2)22(32-23)16-6-4-8-26-12-16/h4-12,15,28,31H,1-3H3,(H2,25,29)/t15-/m1/s1. The number of hydrogen-bond donors (Lipinski definition) is 3. The first kappa shape index (κ1) is 21.0. The van der Waals surface area contributed by atoms with Crippen LogP contribution in [0.25, 0.3) is 22.3 Å². The van der Waals surface area contributed by atoms with Crippen LogP contribution in [0, 0.1) is 13.8 Å². The number of hydrogen-bond acceptors (Lipinski definition) is 7. The molecule has 162 valence electrons. The maximum absolute atomic E-state index is 13.2. The van der Waals surface area contributed by atoms with Gasteiger partial charge in [-0.2, -0.15) is 0 Å². The predicted octanol–water partition coefficient (Wildman–Crippen LogP) is 4.13. The van der Waals surface area contributed by atoms with Crippen LogP contribution < -0.4 is 16.5 Å². The molecule has 0 bridgehead atoms. The summed E-state index contributed by atoms with van der Waals surface area (Å²) < 4.78 is 6.32. The highest BCUT2D eigenvalue weighted by molar-refractivity contribution is 6.00. The first-order valence-corrected chi connectivity index (χ1v) is 10.1. The Labute approximate surface area is 184 Å². The van der Waals surface area contributed by atoms with E-state index in [9.17, 15) is 4.79 Å². The molecule has 0 aliphatic rings. The third-order valence-corrected chi connectivity index (χ3v) is 5.31. The molecule has 32 heavy (non-hydrogen) atoms. The number of aryl methyl sites for hydroxylation is 1. The van der Waals surface area contributed by atoms with Crippen molar-refractivity contribution in [2.45, 2.75) is 26.8 Å². The molecular weight excluding hydrogens is 406 g/mol. The Bertz CT molecular complexity index is 1380. The van der Waals surface area contributed by atoms with Gasteiger partial charge in [0.15, 0.2) is 11.3 Å². The topological polar surface area (TPSA) is 127 Å². The van der Waals surface area contributed by atoms with E-state index in [1.807, 2.05) is 32.0 Å². The Morgan fingerprint density at radius 2 is 2.00 bits per heavy atom. The quantitative estimate of drug-likeness (QED) is 0.188. The second-order valence-electron chi connectivity index (χ2n) is 7.61. The number of benzene rings is 1. The van der Waals surface area contributed by atoms with E-state index in [1.54, 1.807) is 43.7 Å². The number of fused-ring (bicyclic) bond motifs is 1. The molecule has 0 saturated carbocycles. The highest BCUT2D eigenvalue weighted by Gasteiger charge is 2.20. The monoisotopic (exact) mass is 429 g/mol. The van der Waals surface area contributed by atoms with Gasteiger partial charge in [0.25, 0.3) is 0 Å². The van der Waals surface area contributed by atoms with Crippen LogP contribution in [0.4, 0.5) is 5.69 Å². The molecule has 0 unspecified atom stereocenters. The van der Waals surface area contributed by atoms with Gasteiger partial charge >= 0.3 is 0 Å². The molecule has 0 amide bonds. The fourth-order valence-corrected chi connectivity index (χ4v) is 3.75. The summed E-state index contributed by atoms with van der Waals surface area (Å²) in [6, 6.07) is 10.7. The Morgan fingerprint density at radius 1 is 1.22 bits per heavy atom. The smallest absolute Gasteiger partial charge is 0.196 e. The van der Waals surface area contributed by atoms with Gasteiger partial charge in [-0.3, -0.25) is 14.8 Å². The molecule has 4 N–H and O–H groups in total. The maximum Gasteiger partial charge on any atom is 0.196 e. The largest absolute Gasteiger partial charge is 0.455 e. The molecule has 0 fully saturated rings. The molecule has 8 heteroatoms. The normalized spacial score (nSPS) is 12.7. The minimum atomic E-state index is -0.278. The molecule has 1 atom stereocenters. The van der Waals surface area contributed by atoms with E-state index in [4.69, 9.17) is 15.4 Å². The van der Waals surface area contributed by atoms with Gasteiger partial charge in [-0.15, -0.1) is 0 Å². The fraction of sp³-hybridized carbons (Fsp3) is 0.167. The zero-order valence-electron chi connectivity index (χ0n) is 18.0. The number of anilines is 1. The van der Waals surface area contributed by atoms with Crippen molar-refractivity contribution in [2.75, 3.05) is 5.32 Å². The zero-order valence-corrected chi connectivity index (χ0v) is 18.0. The van der Waals surface area contributed by atoms with E-state index in [-0.39, 0.29) is 17.3 Å². The van der Waals surface area contributed by atoms with Crippen molar-refractivity contribution in [3.8, 4) is 11.3 Å². The van der Waals surface area contributed by atoms with Crippen LogP contribution in [0.3, 0.4) is 0 Å². The van der Waals surface area contributed by atoms with Gasteiger partial charge in [-0.05, 0) is 56.7 Å². The molecule has 0 aliphatic carbocycles. The van der Waals surface area contributed by atoms with E-state index >= 15 is 0 Å². The fourth-order valence-electron chi connectivity index (χ4n) is 3.75. The van der Waals surface area contributed by atoms with Gasteiger partial charge in [-0.1, -0.05) is 11.2 Å². The van der Waals surface area contributed by atoms with Crippen LogP contribution in [0.2, 0.25) is 0 Å². The SMILES string of the molecule is Cc1cc([C@@H](C)Nc2cccnc2C(N)=NO)c2oc(-c3cccnc3)c(C)c(=O)c2c1. The number of rotatable bonds is 5. The van der Waals surface area contributed by atoms with Crippen molar-refractivity contribution in [3.63, 3.8) is 0 Å². The van der Waals surface area contributed by atoms with Crippen LogP contribution in [-0.2, 0) is 0 Å². The Balaban J connectivity index is 1.88. The van der Waals surface area contributed by atoms with Crippen molar-refractivity contribution in [3.05, 3.63) is 87.6 Å². The second kappa shape index (κ2) is 8.50. The summed E-state index contributed by atoms with van der Waals surface area (Å²) in [4.78, 5) is 21.6. The molecule has 4 aromatic rings. The van der Waals surface area contributed by atoms with Crippen LogP contribution in [0.15, 0.2) is 69.4 Å². The third kappa shape index (κ3) is 3.78. The second-order valence-corrected chi connectivity index (χ2v) is 7.61. The highest BCUT2D eigenvalue weighted by atomic mass is 16.4. The van der Waals surface area contributed by atoms with E-state index in [0.29, 0.717) is 33.7 Å². The molecular formula is C24H23N5O3. The molecule has 1 aromatic carbocycles. The number of nitrogens with zero attached hydrogens (tertiary/aromatic N) is 3. The number of oxime groups is 1. The van der Waals surface area contributed by atoms with Crippen molar-refractivity contribution < 1.29 is 9.62 Å². The van der Waals surface area contributed by atoms with Gasteiger partial charge < -0.3 is 20.7 Å². The Hall–Kier alpha value is -4.20. The molecule has 0 saturated heterocycles. The summed E-state index contributed by atoms with van der Waals surface area (Å²) in [5.41, 5.74) is 10.1. The first-order valence-electron chi connectivity index (χ1n) is 10.1. The predicted molar refractivity (Wildman–Crippen MR) is 124 cm³/mol. The van der Waals surface area contributed by atoms with Crippen LogP contribution in [-0.4, -0.2) is 21.0 Å². The Morgan fingerprint density at radius 3 is 2.72 bits per heavy atom. The van der Waals surface area contributed by atoms with E-state index in [0.717, 1.165) is 16.7 Å². The number of amidine groups is 1. The summed E-state index contributed by atoms with van der Waals surface area (Å²) in [5.74, 6) is 0.391. The summed E-state index contributed by atoms with van der Waals surface area (Å²) in [6.45, 7) is 5.64. The van der Waals surface area contributed by atoms with Crippen LogP contribution in [0.1, 0.15) is 35.3 Å². The van der Waals surface area contributed by atoms with Crippen molar-refractivity contribution in [1.82, 2.24) is 9.97 Å². The molecule has 0 aliphatic heterocycles. The minimum Gasteiger partial charge on any atom is -0.455 e. The summed E-state index contributed by atoms with van der Waals surface area (Å²) >= 11 is 0. The molecule has 0 spiro atoms.